The third kappa shape index (κ3) is 4.19. The van der Waals surface area contributed by atoms with Crippen LogP contribution >= 0.6 is 0 Å². The average Bonchev–Trinajstić information content (AvgIpc) is 3.64. The molecule has 5 aromatic carbocycles. The average molecular weight is 590 g/mol. The lowest BCUT2D eigenvalue weighted by Gasteiger charge is -2.20. The zero-order valence-corrected chi connectivity index (χ0v) is 25.4. The van der Waals surface area contributed by atoms with Gasteiger partial charge in [-0.05, 0) is 90.1 Å². The van der Waals surface area contributed by atoms with E-state index < -0.39 is 0 Å². The molecule has 0 bridgehead atoms. The Balaban J connectivity index is 1.08. The normalized spacial score (nSPS) is 15.9. The van der Waals surface area contributed by atoms with Gasteiger partial charge < -0.3 is 9.13 Å². The highest BCUT2D eigenvalue weighted by atomic mass is 15.0. The Bertz CT molecular complexity index is 2440. The maximum Gasteiger partial charge on any atom is 0.0700 e. The van der Waals surface area contributed by atoms with Crippen LogP contribution in [-0.2, 0) is 6.42 Å². The van der Waals surface area contributed by atoms with E-state index in [2.05, 4.69) is 155 Å². The van der Waals surface area contributed by atoms with Crippen LogP contribution in [0.1, 0.15) is 29.7 Å². The van der Waals surface area contributed by atoms with Gasteiger partial charge in [0.05, 0.1) is 28.5 Å². The Labute approximate surface area is 268 Å². The van der Waals surface area contributed by atoms with Gasteiger partial charge in [-0.15, -0.1) is 0 Å². The van der Waals surface area contributed by atoms with Crippen LogP contribution in [-0.4, -0.2) is 9.13 Å². The summed E-state index contributed by atoms with van der Waals surface area (Å²) in [4.78, 5) is 0. The van der Waals surface area contributed by atoms with Crippen molar-refractivity contribution in [1.29, 1.82) is 5.26 Å². The van der Waals surface area contributed by atoms with Crippen LogP contribution in [0.25, 0.3) is 66.9 Å². The Kier molecular flexibility index (Phi) is 6.14. The van der Waals surface area contributed by atoms with Crippen LogP contribution in [0.5, 0.6) is 0 Å². The van der Waals surface area contributed by atoms with Crippen molar-refractivity contribution < 1.29 is 0 Å². The summed E-state index contributed by atoms with van der Waals surface area (Å²) in [6.45, 7) is 0. The first kappa shape index (κ1) is 26.5. The fourth-order valence-corrected chi connectivity index (χ4v) is 7.50. The lowest BCUT2D eigenvalue weighted by Crippen LogP contribution is -2.08. The lowest BCUT2D eigenvalue weighted by molar-refractivity contribution is 0.825. The zero-order chi connectivity index (χ0) is 30.6. The third-order valence-corrected chi connectivity index (χ3v) is 9.75. The van der Waals surface area contributed by atoms with Gasteiger partial charge in [0.15, 0.2) is 0 Å². The van der Waals surface area contributed by atoms with Crippen molar-refractivity contribution in [3.05, 3.63) is 156 Å². The number of allylic oxidation sites excluding steroid dienone is 5. The minimum Gasteiger partial charge on any atom is -0.313 e. The standard InChI is InChI=1S/C43H31N3/c44-28-29-14-22-35(23-15-29)46-41-13-7-5-11-37(41)39-27-33(21-25-43(39)46)31-18-16-30(17-19-31)32-20-24-42-38(26-32)36-10-4-6-12-40(36)45(42)34-8-2-1-3-9-34/h1-14,16-20,22-24,26-27,29H,15,21,25H2. The quantitative estimate of drug-likeness (QED) is 0.201. The smallest absolute Gasteiger partial charge is 0.0700 e. The van der Waals surface area contributed by atoms with E-state index in [4.69, 9.17) is 0 Å². The highest BCUT2D eigenvalue weighted by Crippen LogP contribution is 2.40. The summed E-state index contributed by atoms with van der Waals surface area (Å²) < 4.78 is 4.78. The number of para-hydroxylation sites is 3. The largest absolute Gasteiger partial charge is 0.313 e. The Morgan fingerprint density at radius 1 is 0.609 bits per heavy atom. The molecular formula is C43H31N3. The van der Waals surface area contributed by atoms with Gasteiger partial charge in [-0.25, -0.2) is 0 Å². The van der Waals surface area contributed by atoms with E-state index in [0.717, 1.165) is 19.3 Å². The van der Waals surface area contributed by atoms with Crippen LogP contribution in [0.15, 0.2) is 140 Å². The molecule has 0 saturated heterocycles. The first-order valence-electron chi connectivity index (χ1n) is 16.1. The molecule has 2 aliphatic rings. The van der Waals surface area contributed by atoms with Crippen LogP contribution in [0.4, 0.5) is 0 Å². The predicted octanol–water partition coefficient (Wildman–Crippen LogP) is 10.8. The van der Waals surface area contributed by atoms with Crippen LogP contribution in [0, 0.1) is 17.2 Å². The van der Waals surface area contributed by atoms with E-state index in [9.17, 15) is 5.26 Å². The summed E-state index contributed by atoms with van der Waals surface area (Å²) in [6.07, 6.45) is 11.5. The topological polar surface area (TPSA) is 33.6 Å². The van der Waals surface area contributed by atoms with Gasteiger partial charge in [-0.2, -0.15) is 5.26 Å². The van der Waals surface area contributed by atoms with Crippen molar-refractivity contribution in [3.63, 3.8) is 0 Å². The van der Waals surface area contributed by atoms with Crippen molar-refractivity contribution in [3.8, 4) is 22.9 Å². The maximum absolute atomic E-state index is 9.37. The van der Waals surface area contributed by atoms with Gasteiger partial charge in [0, 0.05) is 38.8 Å². The summed E-state index contributed by atoms with van der Waals surface area (Å²) in [5.74, 6) is -0.0347. The van der Waals surface area contributed by atoms with Gasteiger partial charge in [-0.3, -0.25) is 0 Å². The minimum absolute atomic E-state index is 0.0347. The van der Waals surface area contributed by atoms with E-state index in [1.165, 1.54) is 77.6 Å². The number of nitrogens with zero attached hydrogens (tertiary/aromatic N) is 3. The lowest BCUT2D eigenvalue weighted by atomic mass is 9.90. The van der Waals surface area contributed by atoms with Crippen molar-refractivity contribution in [2.75, 3.05) is 0 Å². The molecule has 0 aliphatic heterocycles. The molecule has 7 aromatic rings. The summed E-state index contributed by atoms with van der Waals surface area (Å²) in [6, 6.07) is 46.4. The number of rotatable bonds is 4. The first-order chi connectivity index (χ1) is 22.8. The second-order valence-electron chi connectivity index (χ2n) is 12.3. The van der Waals surface area contributed by atoms with Gasteiger partial charge in [-0.1, -0.05) is 97.1 Å². The molecule has 3 heteroatoms. The third-order valence-electron chi connectivity index (χ3n) is 9.75. The number of hydrogen-bond donors (Lipinski definition) is 0. The second kappa shape index (κ2) is 10.6. The highest BCUT2D eigenvalue weighted by Gasteiger charge is 2.23. The molecule has 1 unspecified atom stereocenters. The van der Waals surface area contributed by atoms with Crippen molar-refractivity contribution in [2.45, 2.75) is 19.3 Å². The molecule has 3 nitrogen and oxygen atoms in total. The van der Waals surface area contributed by atoms with Crippen LogP contribution in [0.2, 0.25) is 0 Å². The van der Waals surface area contributed by atoms with E-state index in [-0.39, 0.29) is 5.92 Å². The second-order valence-corrected chi connectivity index (χ2v) is 12.3. The molecule has 218 valence electrons. The molecule has 46 heavy (non-hydrogen) atoms. The zero-order valence-electron chi connectivity index (χ0n) is 25.4. The van der Waals surface area contributed by atoms with Gasteiger partial charge >= 0.3 is 0 Å². The summed E-state index contributed by atoms with van der Waals surface area (Å²) >= 11 is 0. The highest BCUT2D eigenvalue weighted by molar-refractivity contribution is 6.10. The fraction of sp³-hybridized carbons (Fsp3) is 0.0930. The summed E-state index contributed by atoms with van der Waals surface area (Å²) in [7, 11) is 0. The number of nitriles is 1. The van der Waals surface area contributed by atoms with Gasteiger partial charge in [0.25, 0.3) is 0 Å². The van der Waals surface area contributed by atoms with Crippen LogP contribution < -0.4 is 0 Å². The van der Waals surface area contributed by atoms with E-state index in [1.54, 1.807) is 0 Å². The molecule has 0 amide bonds. The maximum atomic E-state index is 9.37. The van der Waals surface area contributed by atoms with Crippen molar-refractivity contribution in [2.24, 2.45) is 5.92 Å². The molecule has 0 spiro atoms. The molecule has 9 rings (SSSR count). The molecule has 0 radical (unpaired) electrons. The van der Waals surface area contributed by atoms with Gasteiger partial charge in [0.2, 0.25) is 0 Å². The molecule has 0 fully saturated rings. The number of hydrogen-bond acceptors (Lipinski definition) is 1. The van der Waals surface area contributed by atoms with Crippen molar-refractivity contribution >= 4 is 50.1 Å². The van der Waals surface area contributed by atoms with Crippen molar-refractivity contribution in [1.82, 2.24) is 9.13 Å². The predicted molar refractivity (Wildman–Crippen MR) is 191 cm³/mol. The SMILES string of the molecule is N#CC1C=CC(n2c3c(c4ccccc42)C=C(c2ccc(-c4ccc5c(c4)c4ccccc4n5-c4ccccc4)cc2)CC3)=CC1. The fourth-order valence-electron chi connectivity index (χ4n) is 7.50. The molecule has 0 saturated carbocycles. The number of aromatic nitrogens is 2. The van der Waals surface area contributed by atoms with Gasteiger partial charge in [0.1, 0.15) is 0 Å². The van der Waals surface area contributed by atoms with E-state index in [1.807, 2.05) is 6.08 Å². The molecule has 2 aliphatic carbocycles. The molecule has 1 atom stereocenters. The Hall–Kier alpha value is -5.85. The van der Waals surface area contributed by atoms with Crippen LogP contribution in [0.3, 0.4) is 0 Å². The Morgan fingerprint density at radius 2 is 1.28 bits per heavy atom. The molecule has 2 heterocycles. The molecule has 2 aromatic heterocycles. The van der Waals surface area contributed by atoms with E-state index >= 15 is 0 Å². The number of benzene rings is 5. The first-order valence-corrected chi connectivity index (χ1v) is 16.1. The molecule has 0 N–H and O–H groups in total. The Morgan fingerprint density at radius 3 is 2.04 bits per heavy atom. The monoisotopic (exact) mass is 589 g/mol. The summed E-state index contributed by atoms with van der Waals surface area (Å²) in [5, 5.41) is 13.2. The molecular weight excluding hydrogens is 558 g/mol. The minimum atomic E-state index is -0.0347. The summed E-state index contributed by atoms with van der Waals surface area (Å²) in [5.41, 5.74) is 13.8. The number of fused-ring (bicyclic) bond motifs is 6. The van der Waals surface area contributed by atoms with E-state index in [0.29, 0.717) is 0 Å².